The molecule has 1 atom stereocenters. The normalized spacial score (nSPS) is 14.3. The fourth-order valence-electron chi connectivity index (χ4n) is 2.51. The summed E-state index contributed by atoms with van der Waals surface area (Å²) in [5.74, 6) is -3.95. The number of nitrogens with two attached hydrogens (primary N) is 1. The molecule has 0 spiro atoms. The number of aliphatic hydroxyl groups is 1. The third-order valence-electron chi connectivity index (χ3n) is 4.02. The number of carbonyl (C=O) groups excluding carboxylic acids is 2. The Morgan fingerprint density at radius 2 is 1.77 bits per heavy atom. The van der Waals surface area contributed by atoms with Crippen molar-refractivity contribution < 1.29 is 34.5 Å². The van der Waals surface area contributed by atoms with Gasteiger partial charge in [0.05, 0.1) is 6.42 Å². The van der Waals surface area contributed by atoms with Gasteiger partial charge in [-0.15, -0.1) is 0 Å². The second-order valence-corrected chi connectivity index (χ2v) is 6.40. The van der Waals surface area contributed by atoms with Crippen molar-refractivity contribution in [1.29, 1.82) is 5.41 Å². The highest BCUT2D eigenvalue weighted by atomic mass is 16.4. The number of dihydropyridines is 1. The van der Waals surface area contributed by atoms with E-state index >= 15 is 0 Å². The summed E-state index contributed by atoms with van der Waals surface area (Å²) >= 11 is 0. The first-order valence-corrected chi connectivity index (χ1v) is 8.84. The Kier molecular flexibility index (Phi) is 7.28. The van der Waals surface area contributed by atoms with Gasteiger partial charge >= 0.3 is 18.0 Å². The highest BCUT2D eigenvalue weighted by Crippen LogP contribution is 2.13. The third-order valence-corrected chi connectivity index (χ3v) is 4.02. The summed E-state index contributed by atoms with van der Waals surface area (Å²) < 4.78 is 0. The van der Waals surface area contributed by atoms with Crippen molar-refractivity contribution in [3.8, 4) is 0 Å². The Morgan fingerprint density at radius 3 is 2.32 bits per heavy atom. The van der Waals surface area contributed by atoms with E-state index in [2.05, 4.69) is 20.9 Å². The van der Waals surface area contributed by atoms with E-state index in [1.807, 2.05) is 0 Å². The molecule has 3 amide bonds. The molecule has 1 aliphatic rings. The molecule has 2 rings (SSSR count). The monoisotopic (exact) mass is 432 g/mol. The molecule has 13 nitrogen and oxygen atoms in total. The summed E-state index contributed by atoms with van der Waals surface area (Å²) in [6.07, 6.45) is -0.800. The topological polar surface area (TPSA) is 227 Å². The number of rotatable bonds is 8. The zero-order valence-electron chi connectivity index (χ0n) is 16.0. The van der Waals surface area contributed by atoms with Gasteiger partial charge in [0.2, 0.25) is 0 Å². The molecule has 1 aromatic carbocycles. The Bertz CT molecular complexity index is 984. The van der Waals surface area contributed by atoms with Gasteiger partial charge in [0, 0.05) is 17.7 Å². The predicted molar refractivity (Wildman–Crippen MR) is 108 cm³/mol. The number of amidine groups is 2. The van der Waals surface area contributed by atoms with Gasteiger partial charge in [-0.05, 0) is 30.7 Å². The number of aliphatic imine (C=N–C) groups is 1. The SMILES string of the molecule is N=C1N=C(N)CC(O)=C1NC(=O)Nc1ccc(C(=O)N[C@@H](CCC(=O)O)C(=O)O)cc1. The maximum Gasteiger partial charge on any atom is 0.326 e. The maximum absolute atomic E-state index is 12.2. The summed E-state index contributed by atoms with van der Waals surface area (Å²) in [5, 5.41) is 42.2. The summed E-state index contributed by atoms with van der Waals surface area (Å²) in [5.41, 5.74) is 5.61. The lowest BCUT2D eigenvalue weighted by Gasteiger charge is -2.16. The van der Waals surface area contributed by atoms with Gasteiger partial charge in [-0.25, -0.2) is 14.6 Å². The average molecular weight is 432 g/mol. The van der Waals surface area contributed by atoms with Crippen LogP contribution in [0, 0.1) is 5.41 Å². The first kappa shape index (κ1) is 22.9. The molecule has 1 heterocycles. The molecule has 0 bridgehead atoms. The van der Waals surface area contributed by atoms with E-state index in [9.17, 15) is 24.3 Å². The van der Waals surface area contributed by atoms with E-state index < -0.39 is 42.2 Å². The number of carbonyl (C=O) groups is 4. The number of carboxylic acids is 2. The number of aliphatic carboxylic acids is 2. The molecule has 9 N–H and O–H groups in total. The Labute approximate surface area is 175 Å². The van der Waals surface area contributed by atoms with Crippen LogP contribution in [-0.2, 0) is 9.59 Å². The number of benzene rings is 1. The minimum atomic E-state index is -1.37. The number of urea groups is 1. The summed E-state index contributed by atoms with van der Waals surface area (Å²) in [6.45, 7) is 0. The van der Waals surface area contributed by atoms with Gasteiger partial charge in [0.15, 0.2) is 5.84 Å². The van der Waals surface area contributed by atoms with Crippen molar-refractivity contribution in [2.75, 3.05) is 5.32 Å². The van der Waals surface area contributed by atoms with Crippen molar-refractivity contribution in [3.05, 3.63) is 41.3 Å². The van der Waals surface area contributed by atoms with Crippen LogP contribution in [0.1, 0.15) is 29.6 Å². The minimum absolute atomic E-state index is 0.0374. The average Bonchev–Trinajstić information content (AvgIpc) is 2.68. The van der Waals surface area contributed by atoms with Crippen molar-refractivity contribution in [2.24, 2.45) is 10.7 Å². The number of anilines is 1. The molecule has 1 aliphatic heterocycles. The van der Waals surface area contributed by atoms with Crippen molar-refractivity contribution in [3.63, 3.8) is 0 Å². The number of nitrogens with zero attached hydrogens (tertiary/aromatic N) is 1. The van der Waals surface area contributed by atoms with Gasteiger partial charge in [0.25, 0.3) is 5.91 Å². The highest BCUT2D eigenvalue weighted by Gasteiger charge is 2.22. The number of amides is 3. The first-order chi connectivity index (χ1) is 14.6. The van der Waals surface area contributed by atoms with E-state index in [-0.39, 0.29) is 41.4 Å². The van der Waals surface area contributed by atoms with Gasteiger partial charge in [0.1, 0.15) is 23.3 Å². The lowest BCUT2D eigenvalue weighted by atomic mass is 10.1. The van der Waals surface area contributed by atoms with Crippen LogP contribution in [0.3, 0.4) is 0 Å². The van der Waals surface area contributed by atoms with Crippen molar-refractivity contribution in [1.82, 2.24) is 10.6 Å². The molecule has 0 unspecified atom stereocenters. The second kappa shape index (κ2) is 9.87. The molecular formula is C18H20N6O7. The summed E-state index contributed by atoms with van der Waals surface area (Å²) in [7, 11) is 0. The molecular weight excluding hydrogens is 412 g/mol. The molecule has 164 valence electrons. The molecule has 31 heavy (non-hydrogen) atoms. The van der Waals surface area contributed by atoms with Crippen LogP contribution < -0.4 is 21.7 Å². The Hall–Kier alpha value is -4.42. The predicted octanol–water partition coefficient (Wildman–Crippen LogP) is 0.364. The Balaban J connectivity index is 1.96. The van der Waals surface area contributed by atoms with Gasteiger partial charge in [-0.2, -0.15) is 0 Å². The third kappa shape index (κ3) is 6.56. The van der Waals surface area contributed by atoms with Crippen LogP contribution in [0.25, 0.3) is 0 Å². The van der Waals surface area contributed by atoms with Crippen LogP contribution in [-0.4, -0.2) is 56.9 Å². The molecule has 0 saturated carbocycles. The second-order valence-electron chi connectivity index (χ2n) is 6.40. The number of nitrogens with one attached hydrogen (secondary N) is 4. The molecule has 0 saturated heterocycles. The lowest BCUT2D eigenvalue weighted by molar-refractivity contribution is -0.140. The van der Waals surface area contributed by atoms with Crippen molar-refractivity contribution in [2.45, 2.75) is 25.3 Å². The van der Waals surface area contributed by atoms with E-state index in [0.717, 1.165) is 0 Å². The quantitative estimate of drug-likeness (QED) is 0.285. The molecule has 0 radical (unpaired) electrons. The largest absolute Gasteiger partial charge is 0.510 e. The van der Waals surface area contributed by atoms with E-state index in [1.54, 1.807) is 0 Å². The van der Waals surface area contributed by atoms with E-state index in [0.29, 0.717) is 0 Å². The van der Waals surface area contributed by atoms with Crippen LogP contribution in [0.4, 0.5) is 10.5 Å². The van der Waals surface area contributed by atoms with Crippen LogP contribution >= 0.6 is 0 Å². The number of carboxylic acid groups (broad SMARTS) is 2. The zero-order chi connectivity index (χ0) is 23.1. The smallest absolute Gasteiger partial charge is 0.326 e. The number of hydrogen-bond donors (Lipinski definition) is 8. The molecule has 13 heteroatoms. The first-order valence-electron chi connectivity index (χ1n) is 8.84. The fourth-order valence-corrected chi connectivity index (χ4v) is 2.51. The van der Waals surface area contributed by atoms with E-state index in [1.165, 1.54) is 24.3 Å². The molecule has 1 aromatic rings. The number of aliphatic hydroxyl groups excluding tert-OH is 1. The lowest BCUT2D eigenvalue weighted by Crippen LogP contribution is -2.41. The van der Waals surface area contributed by atoms with E-state index in [4.69, 9.17) is 21.4 Å². The number of hydrogen-bond acceptors (Lipinski definition) is 7. The van der Waals surface area contributed by atoms with Crippen LogP contribution in [0.5, 0.6) is 0 Å². The zero-order valence-corrected chi connectivity index (χ0v) is 16.0. The summed E-state index contributed by atoms with van der Waals surface area (Å²) in [4.78, 5) is 49.7. The van der Waals surface area contributed by atoms with Gasteiger partial charge in [-0.1, -0.05) is 0 Å². The van der Waals surface area contributed by atoms with Crippen molar-refractivity contribution >= 4 is 41.2 Å². The van der Waals surface area contributed by atoms with Gasteiger partial charge < -0.3 is 37.0 Å². The highest BCUT2D eigenvalue weighted by molar-refractivity contribution is 6.10. The van der Waals surface area contributed by atoms with Crippen LogP contribution in [0.15, 0.2) is 40.7 Å². The van der Waals surface area contributed by atoms with Gasteiger partial charge in [-0.3, -0.25) is 15.0 Å². The molecule has 0 fully saturated rings. The van der Waals surface area contributed by atoms with Crippen LogP contribution in [0.2, 0.25) is 0 Å². The maximum atomic E-state index is 12.2. The standard InChI is InChI=1S/C18H20N6O7/c19-12-7-11(25)14(15(20)23-12)24-18(31)21-9-3-1-8(2-4-9)16(28)22-10(17(29)30)5-6-13(26)27/h1-4,10,25H,5-7H2,(H,22,28)(H,26,27)(H,29,30)(H3,19,20,23)(H2,21,24,31)/t10-/m0/s1. The molecule has 0 aliphatic carbocycles. The Morgan fingerprint density at radius 1 is 1.13 bits per heavy atom. The summed E-state index contributed by atoms with van der Waals surface area (Å²) in [6, 6.07) is 3.25. The molecule has 0 aromatic heterocycles. The minimum Gasteiger partial charge on any atom is -0.510 e. The fraction of sp³-hybridized carbons (Fsp3) is 0.222.